The number of epoxide rings is 1. The highest BCUT2D eigenvalue weighted by Crippen LogP contribution is 2.29. The van der Waals surface area contributed by atoms with Crippen LogP contribution in [0.3, 0.4) is 0 Å². The Morgan fingerprint density at radius 3 is 2.05 bits per heavy atom. The Hall–Kier alpha value is -0.820. The van der Waals surface area contributed by atoms with Crippen LogP contribution in [0.2, 0.25) is 0 Å². The average molecular weight is 260 g/mol. The van der Waals surface area contributed by atoms with Crippen molar-refractivity contribution in [2.45, 2.75) is 70.8 Å². The molecule has 1 fully saturated rings. The van der Waals surface area contributed by atoms with E-state index < -0.39 is 0 Å². The highest BCUT2D eigenvalue weighted by atomic mass is 16.6. The van der Waals surface area contributed by atoms with Crippen molar-refractivity contribution in [1.29, 1.82) is 0 Å². The van der Waals surface area contributed by atoms with Crippen LogP contribution in [0.1, 0.15) is 75.5 Å². The second-order valence-electron chi connectivity index (χ2n) is 5.79. The summed E-state index contributed by atoms with van der Waals surface area (Å²) >= 11 is 0. The number of rotatable bonds is 10. The first-order valence-electron chi connectivity index (χ1n) is 8.10. The predicted octanol–water partition coefficient (Wildman–Crippen LogP) is 5.44. The molecule has 1 aliphatic heterocycles. The fraction of sp³-hybridized carbons (Fsp3) is 0.667. The Morgan fingerprint density at radius 1 is 0.895 bits per heavy atom. The van der Waals surface area contributed by atoms with E-state index in [1.165, 1.54) is 68.9 Å². The SMILES string of the molecule is CCCCCCCCCCc1ccc(C2CO2)cc1. The van der Waals surface area contributed by atoms with Gasteiger partial charge in [0.25, 0.3) is 0 Å². The summed E-state index contributed by atoms with van der Waals surface area (Å²) in [6.07, 6.45) is 12.8. The number of aryl methyl sites for hydroxylation is 1. The minimum Gasteiger partial charge on any atom is -0.368 e. The lowest BCUT2D eigenvalue weighted by Gasteiger charge is -2.03. The summed E-state index contributed by atoms with van der Waals surface area (Å²) in [5.41, 5.74) is 2.83. The minimum absolute atomic E-state index is 0.400. The van der Waals surface area contributed by atoms with E-state index in [9.17, 15) is 0 Å². The van der Waals surface area contributed by atoms with Gasteiger partial charge in [-0.1, -0.05) is 76.1 Å². The van der Waals surface area contributed by atoms with E-state index in [0.29, 0.717) is 6.10 Å². The molecule has 106 valence electrons. The van der Waals surface area contributed by atoms with Crippen molar-refractivity contribution in [2.75, 3.05) is 6.61 Å². The maximum absolute atomic E-state index is 5.29. The van der Waals surface area contributed by atoms with Gasteiger partial charge in [0.05, 0.1) is 6.61 Å². The van der Waals surface area contributed by atoms with Gasteiger partial charge in [-0.2, -0.15) is 0 Å². The van der Waals surface area contributed by atoms with Crippen LogP contribution in [-0.2, 0) is 11.2 Å². The molecule has 1 heterocycles. The summed E-state index contributed by atoms with van der Waals surface area (Å²) in [6, 6.07) is 9.02. The van der Waals surface area contributed by atoms with Crippen LogP contribution in [0.5, 0.6) is 0 Å². The molecule has 1 aromatic rings. The zero-order valence-electron chi connectivity index (χ0n) is 12.4. The van der Waals surface area contributed by atoms with Crippen LogP contribution in [0.4, 0.5) is 0 Å². The summed E-state index contributed by atoms with van der Waals surface area (Å²) < 4.78 is 5.29. The molecule has 1 aromatic carbocycles. The molecule has 19 heavy (non-hydrogen) atoms. The summed E-state index contributed by atoms with van der Waals surface area (Å²) in [5, 5.41) is 0. The fourth-order valence-corrected chi connectivity index (χ4v) is 2.60. The quantitative estimate of drug-likeness (QED) is 0.403. The van der Waals surface area contributed by atoms with Crippen molar-refractivity contribution >= 4 is 0 Å². The minimum atomic E-state index is 0.400. The van der Waals surface area contributed by atoms with Crippen LogP contribution in [-0.4, -0.2) is 6.61 Å². The summed E-state index contributed by atoms with van der Waals surface area (Å²) in [4.78, 5) is 0. The predicted molar refractivity (Wildman–Crippen MR) is 81.4 cm³/mol. The van der Waals surface area contributed by atoms with E-state index in [0.717, 1.165) is 6.61 Å². The number of unbranched alkanes of at least 4 members (excludes halogenated alkanes) is 7. The van der Waals surface area contributed by atoms with Gasteiger partial charge >= 0.3 is 0 Å². The summed E-state index contributed by atoms with van der Waals surface area (Å²) in [7, 11) is 0. The molecule has 1 heteroatoms. The van der Waals surface area contributed by atoms with E-state index >= 15 is 0 Å². The van der Waals surface area contributed by atoms with Crippen molar-refractivity contribution < 1.29 is 4.74 Å². The normalized spacial score (nSPS) is 17.6. The number of ether oxygens (including phenoxy) is 1. The van der Waals surface area contributed by atoms with Gasteiger partial charge in [0, 0.05) is 0 Å². The zero-order chi connectivity index (χ0) is 13.3. The molecule has 0 aromatic heterocycles. The molecule has 0 radical (unpaired) electrons. The number of benzene rings is 1. The molecule has 0 bridgehead atoms. The van der Waals surface area contributed by atoms with Gasteiger partial charge in [-0.25, -0.2) is 0 Å². The molecule has 1 unspecified atom stereocenters. The molecule has 1 aliphatic rings. The third-order valence-electron chi connectivity index (χ3n) is 4.00. The van der Waals surface area contributed by atoms with Gasteiger partial charge in [0.2, 0.25) is 0 Å². The van der Waals surface area contributed by atoms with Gasteiger partial charge in [-0.05, 0) is 24.0 Å². The van der Waals surface area contributed by atoms with Gasteiger partial charge in [-0.15, -0.1) is 0 Å². The van der Waals surface area contributed by atoms with E-state index in [1.54, 1.807) is 0 Å². The standard InChI is InChI=1S/C18H28O/c1-2-3-4-5-6-7-8-9-10-16-11-13-17(14-12-16)18-15-19-18/h11-14,18H,2-10,15H2,1H3. The van der Waals surface area contributed by atoms with Gasteiger partial charge in [0.15, 0.2) is 0 Å². The molecule has 0 amide bonds. The third-order valence-corrected chi connectivity index (χ3v) is 4.00. The highest BCUT2D eigenvalue weighted by molar-refractivity contribution is 5.26. The molecule has 0 saturated carbocycles. The molecule has 0 spiro atoms. The zero-order valence-corrected chi connectivity index (χ0v) is 12.4. The molecule has 1 nitrogen and oxygen atoms in total. The first kappa shape index (κ1) is 14.6. The van der Waals surface area contributed by atoms with Gasteiger partial charge in [0.1, 0.15) is 6.10 Å². The Morgan fingerprint density at radius 2 is 1.47 bits per heavy atom. The molecule has 1 saturated heterocycles. The van der Waals surface area contributed by atoms with Crippen LogP contribution in [0.25, 0.3) is 0 Å². The number of hydrogen-bond donors (Lipinski definition) is 0. The lowest BCUT2D eigenvalue weighted by Crippen LogP contribution is -1.88. The van der Waals surface area contributed by atoms with Crippen LogP contribution in [0.15, 0.2) is 24.3 Å². The second kappa shape index (κ2) is 8.37. The Labute approximate surface area is 118 Å². The van der Waals surface area contributed by atoms with E-state index in [2.05, 4.69) is 31.2 Å². The molecule has 0 N–H and O–H groups in total. The Bertz CT molecular complexity index is 337. The first-order chi connectivity index (χ1) is 9.40. The van der Waals surface area contributed by atoms with E-state index in [-0.39, 0.29) is 0 Å². The highest BCUT2D eigenvalue weighted by Gasteiger charge is 2.24. The van der Waals surface area contributed by atoms with Crippen molar-refractivity contribution in [3.05, 3.63) is 35.4 Å². The van der Waals surface area contributed by atoms with Crippen molar-refractivity contribution in [3.8, 4) is 0 Å². The lowest BCUT2D eigenvalue weighted by molar-refractivity contribution is 0.415. The van der Waals surface area contributed by atoms with Crippen molar-refractivity contribution in [3.63, 3.8) is 0 Å². The van der Waals surface area contributed by atoms with Crippen LogP contribution in [0, 0.1) is 0 Å². The molecule has 2 rings (SSSR count). The molecule has 0 aliphatic carbocycles. The molecular weight excluding hydrogens is 232 g/mol. The average Bonchev–Trinajstić information content (AvgIpc) is 3.27. The topological polar surface area (TPSA) is 12.5 Å². The lowest BCUT2D eigenvalue weighted by atomic mass is 10.0. The monoisotopic (exact) mass is 260 g/mol. The Kier molecular flexibility index (Phi) is 6.43. The molecular formula is C18H28O. The van der Waals surface area contributed by atoms with Gasteiger partial charge in [-0.3, -0.25) is 0 Å². The molecule has 1 atom stereocenters. The maximum atomic E-state index is 5.29. The fourth-order valence-electron chi connectivity index (χ4n) is 2.60. The van der Waals surface area contributed by atoms with Crippen LogP contribution < -0.4 is 0 Å². The van der Waals surface area contributed by atoms with Gasteiger partial charge < -0.3 is 4.74 Å². The van der Waals surface area contributed by atoms with Crippen LogP contribution >= 0.6 is 0 Å². The maximum Gasteiger partial charge on any atom is 0.106 e. The summed E-state index contributed by atoms with van der Waals surface area (Å²) in [5.74, 6) is 0. The van der Waals surface area contributed by atoms with E-state index in [1.807, 2.05) is 0 Å². The Balaban J connectivity index is 1.50. The van der Waals surface area contributed by atoms with Crippen molar-refractivity contribution in [1.82, 2.24) is 0 Å². The summed E-state index contributed by atoms with van der Waals surface area (Å²) in [6.45, 7) is 3.19. The van der Waals surface area contributed by atoms with E-state index in [4.69, 9.17) is 4.74 Å². The van der Waals surface area contributed by atoms with Crippen molar-refractivity contribution in [2.24, 2.45) is 0 Å². The largest absolute Gasteiger partial charge is 0.368 e. The number of hydrogen-bond acceptors (Lipinski definition) is 1. The smallest absolute Gasteiger partial charge is 0.106 e. The first-order valence-corrected chi connectivity index (χ1v) is 8.10. The second-order valence-corrected chi connectivity index (χ2v) is 5.79. The third kappa shape index (κ3) is 5.78.